The molecule has 2 N–H and O–H groups in total. The number of anilines is 1. The molecule has 1 rings (SSSR count). The van der Waals surface area contributed by atoms with Crippen LogP contribution in [-0.2, 0) is 9.84 Å². The van der Waals surface area contributed by atoms with Crippen LogP contribution >= 0.6 is 0 Å². The summed E-state index contributed by atoms with van der Waals surface area (Å²) in [7, 11) is -1.31. The van der Waals surface area contributed by atoms with E-state index in [4.69, 9.17) is 0 Å². The van der Waals surface area contributed by atoms with E-state index in [1.54, 1.807) is 7.05 Å². The van der Waals surface area contributed by atoms with Crippen LogP contribution in [0.25, 0.3) is 0 Å². The van der Waals surface area contributed by atoms with Gasteiger partial charge in [-0.25, -0.2) is 13.4 Å². The molecule has 0 aliphatic heterocycles. The number of hydrogen-bond acceptors (Lipinski definition) is 6. The van der Waals surface area contributed by atoms with Gasteiger partial charge >= 0.3 is 0 Å². The van der Waals surface area contributed by atoms with Crippen LogP contribution in [0.15, 0.2) is 12.4 Å². The van der Waals surface area contributed by atoms with Crippen LogP contribution in [0.2, 0.25) is 0 Å². The molecule has 0 bridgehead atoms. The molecule has 0 atom stereocenters. The molecular weight excluding hydrogens is 256 g/mol. The highest BCUT2D eigenvalue weighted by atomic mass is 32.2. The van der Waals surface area contributed by atoms with Crippen LogP contribution in [0.4, 0.5) is 5.82 Å². The van der Waals surface area contributed by atoms with E-state index < -0.39 is 9.84 Å². The SMILES string of the molecule is CNc1cncc(C(=O)NCCCS(C)(=O)=O)n1. The van der Waals surface area contributed by atoms with Crippen molar-refractivity contribution in [3.63, 3.8) is 0 Å². The van der Waals surface area contributed by atoms with Gasteiger partial charge in [-0.2, -0.15) is 0 Å². The molecule has 18 heavy (non-hydrogen) atoms. The Bertz CT molecular complexity index is 516. The molecule has 0 aromatic carbocycles. The summed E-state index contributed by atoms with van der Waals surface area (Å²) in [6, 6.07) is 0. The summed E-state index contributed by atoms with van der Waals surface area (Å²) in [5.41, 5.74) is 0.196. The predicted octanol–water partition coefficient (Wildman–Crippen LogP) is -0.317. The lowest BCUT2D eigenvalue weighted by Gasteiger charge is -2.05. The quantitative estimate of drug-likeness (QED) is 0.688. The molecule has 0 fully saturated rings. The number of carbonyl (C=O) groups is 1. The second-order valence-corrected chi connectivity index (χ2v) is 6.04. The third-order valence-corrected chi connectivity index (χ3v) is 3.13. The van der Waals surface area contributed by atoms with E-state index in [1.807, 2.05) is 0 Å². The van der Waals surface area contributed by atoms with Crippen LogP contribution in [0.5, 0.6) is 0 Å². The van der Waals surface area contributed by atoms with Gasteiger partial charge in [0.2, 0.25) is 0 Å². The van der Waals surface area contributed by atoms with Gasteiger partial charge in [0.25, 0.3) is 5.91 Å². The Morgan fingerprint density at radius 3 is 2.72 bits per heavy atom. The Morgan fingerprint density at radius 2 is 2.11 bits per heavy atom. The van der Waals surface area contributed by atoms with Crippen molar-refractivity contribution in [3.8, 4) is 0 Å². The number of nitrogens with zero attached hydrogens (tertiary/aromatic N) is 2. The fraction of sp³-hybridized carbons (Fsp3) is 0.500. The van der Waals surface area contributed by atoms with Crippen LogP contribution < -0.4 is 10.6 Å². The smallest absolute Gasteiger partial charge is 0.271 e. The number of hydrogen-bond donors (Lipinski definition) is 2. The molecule has 0 unspecified atom stereocenters. The highest BCUT2D eigenvalue weighted by molar-refractivity contribution is 7.90. The monoisotopic (exact) mass is 272 g/mol. The second-order valence-electron chi connectivity index (χ2n) is 3.78. The molecule has 1 aromatic heterocycles. The standard InChI is InChI=1S/C10H16N4O3S/c1-11-9-7-12-6-8(14-9)10(15)13-4-3-5-18(2,16)17/h6-7H,3-5H2,1-2H3,(H,11,14)(H,13,15). The molecule has 0 radical (unpaired) electrons. The van der Waals surface area contributed by atoms with Gasteiger partial charge in [-0.1, -0.05) is 0 Å². The summed E-state index contributed by atoms with van der Waals surface area (Å²) < 4.78 is 21.8. The van der Waals surface area contributed by atoms with Crippen molar-refractivity contribution in [1.82, 2.24) is 15.3 Å². The summed E-state index contributed by atoms with van der Waals surface area (Å²) in [5, 5.41) is 5.37. The van der Waals surface area contributed by atoms with Crippen LogP contribution in [0, 0.1) is 0 Å². The number of sulfone groups is 1. The lowest BCUT2D eigenvalue weighted by Crippen LogP contribution is -2.27. The van der Waals surface area contributed by atoms with Crippen molar-refractivity contribution in [2.45, 2.75) is 6.42 Å². The Morgan fingerprint density at radius 1 is 1.39 bits per heavy atom. The molecule has 0 spiro atoms. The van der Waals surface area contributed by atoms with Crippen LogP contribution in [-0.4, -0.2) is 49.9 Å². The number of aromatic nitrogens is 2. The van der Waals surface area contributed by atoms with Gasteiger partial charge in [-0.15, -0.1) is 0 Å². The van der Waals surface area contributed by atoms with Gasteiger partial charge in [-0.05, 0) is 6.42 Å². The summed E-state index contributed by atoms with van der Waals surface area (Å²) in [4.78, 5) is 19.5. The van der Waals surface area contributed by atoms with Crippen LogP contribution in [0.1, 0.15) is 16.9 Å². The maximum absolute atomic E-state index is 11.6. The van der Waals surface area contributed by atoms with E-state index in [9.17, 15) is 13.2 Å². The third kappa shape index (κ3) is 5.09. The maximum atomic E-state index is 11.6. The molecule has 1 aromatic rings. The largest absolute Gasteiger partial charge is 0.372 e. The van der Waals surface area contributed by atoms with Crippen molar-refractivity contribution < 1.29 is 13.2 Å². The molecule has 7 nitrogen and oxygen atoms in total. The first-order valence-corrected chi connectivity index (χ1v) is 7.44. The number of amides is 1. The Hall–Kier alpha value is -1.70. The molecule has 100 valence electrons. The van der Waals surface area contributed by atoms with E-state index in [2.05, 4.69) is 20.6 Å². The minimum atomic E-state index is -2.99. The van der Waals surface area contributed by atoms with E-state index in [0.717, 1.165) is 6.26 Å². The fourth-order valence-corrected chi connectivity index (χ4v) is 1.89. The molecule has 0 saturated heterocycles. The highest BCUT2D eigenvalue weighted by Crippen LogP contribution is 2.00. The van der Waals surface area contributed by atoms with Gasteiger partial charge in [-0.3, -0.25) is 9.78 Å². The molecule has 0 aliphatic carbocycles. The van der Waals surface area contributed by atoms with Crippen molar-refractivity contribution in [1.29, 1.82) is 0 Å². The van der Waals surface area contributed by atoms with E-state index in [-0.39, 0.29) is 23.9 Å². The first-order chi connectivity index (χ1) is 8.42. The normalized spacial score (nSPS) is 11.0. The molecule has 0 saturated carbocycles. The number of carbonyl (C=O) groups excluding carboxylic acids is 1. The zero-order valence-electron chi connectivity index (χ0n) is 10.3. The van der Waals surface area contributed by atoms with Crippen molar-refractivity contribution in [3.05, 3.63) is 18.1 Å². The van der Waals surface area contributed by atoms with Gasteiger partial charge in [0.1, 0.15) is 21.3 Å². The lowest BCUT2D eigenvalue weighted by atomic mass is 10.4. The molecule has 8 heteroatoms. The summed E-state index contributed by atoms with van der Waals surface area (Å²) in [6.45, 7) is 0.289. The summed E-state index contributed by atoms with van der Waals surface area (Å²) in [6.07, 6.45) is 4.40. The van der Waals surface area contributed by atoms with Crippen molar-refractivity contribution in [2.24, 2.45) is 0 Å². The summed E-state index contributed by atoms with van der Waals surface area (Å²) >= 11 is 0. The van der Waals surface area contributed by atoms with Crippen molar-refractivity contribution >= 4 is 21.6 Å². The average Bonchev–Trinajstić information content (AvgIpc) is 2.33. The number of rotatable bonds is 6. The average molecular weight is 272 g/mol. The van der Waals surface area contributed by atoms with E-state index in [0.29, 0.717) is 12.2 Å². The Labute approximate surface area is 106 Å². The summed E-state index contributed by atoms with van der Waals surface area (Å²) in [5.74, 6) is 0.182. The third-order valence-electron chi connectivity index (χ3n) is 2.10. The minimum absolute atomic E-state index is 0.0511. The van der Waals surface area contributed by atoms with E-state index >= 15 is 0 Å². The first kappa shape index (κ1) is 14.4. The maximum Gasteiger partial charge on any atom is 0.271 e. The Balaban J connectivity index is 2.45. The minimum Gasteiger partial charge on any atom is -0.372 e. The Kier molecular flexibility index (Phi) is 5.02. The molecule has 0 aliphatic rings. The highest BCUT2D eigenvalue weighted by Gasteiger charge is 2.08. The van der Waals surface area contributed by atoms with Gasteiger partial charge in [0.05, 0.1) is 18.1 Å². The number of nitrogens with one attached hydrogen (secondary N) is 2. The molecule has 1 amide bonds. The van der Waals surface area contributed by atoms with Gasteiger partial charge in [0.15, 0.2) is 0 Å². The lowest BCUT2D eigenvalue weighted by molar-refractivity contribution is 0.0948. The predicted molar refractivity (Wildman–Crippen MR) is 68.2 cm³/mol. The fourth-order valence-electron chi connectivity index (χ4n) is 1.22. The zero-order chi connectivity index (χ0) is 13.6. The van der Waals surface area contributed by atoms with Crippen molar-refractivity contribution in [2.75, 3.05) is 30.9 Å². The molecule has 1 heterocycles. The van der Waals surface area contributed by atoms with E-state index in [1.165, 1.54) is 12.4 Å². The topological polar surface area (TPSA) is 101 Å². The zero-order valence-corrected chi connectivity index (χ0v) is 11.1. The van der Waals surface area contributed by atoms with Crippen LogP contribution in [0.3, 0.4) is 0 Å². The molecular formula is C10H16N4O3S. The first-order valence-electron chi connectivity index (χ1n) is 5.38. The van der Waals surface area contributed by atoms with Gasteiger partial charge < -0.3 is 10.6 Å². The van der Waals surface area contributed by atoms with Gasteiger partial charge in [0, 0.05) is 19.8 Å². The second kappa shape index (κ2) is 6.29.